The standard InChI is InChI=1S/C25H28N6O2/c1-33-21-6-4-18(5-7-21)23-13-24(30-16-29-23)31-10-8-19(9-11-31)25(32)26-14-20-12-22(17-2-3-17)28-15-27-20/h4-7,12-13,15-17,19H,2-3,8-11,14H2,1H3,(H,26,32). The van der Waals surface area contributed by atoms with Crippen molar-refractivity contribution in [2.24, 2.45) is 5.92 Å². The molecule has 2 aliphatic rings. The molecule has 33 heavy (non-hydrogen) atoms. The fraction of sp³-hybridized carbons (Fsp3) is 0.400. The van der Waals surface area contributed by atoms with E-state index < -0.39 is 0 Å². The average molecular weight is 445 g/mol. The van der Waals surface area contributed by atoms with Gasteiger partial charge in [0.25, 0.3) is 0 Å². The van der Waals surface area contributed by atoms with Crippen molar-refractivity contribution >= 4 is 11.7 Å². The van der Waals surface area contributed by atoms with Gasteiger partial charge in [-0.1, -0.05) is 0 Å². The highest BCUT2D eigenvalue weighted by atomic mass is 16.5. The Kier molecular flexibility index (Phi) is 6.15. The molecule has 1 N–H and O–H groups in total. The first-order valence-corrected chi connectivity index (χ1v) is 11.5. The number of aromatic nitrogens is 4. The Morgan fingerprint density at radius 1 is 1.00 bits per heavy atom. The molecule has 0 radical (unpaired) electrons. The van der Waals surface area contributed by atoms with Gasteiger partial charge in [0.1, 0.15) is 24.2 Å². The van der Waals surface area contributed by atoms with Gasteiger partial charge in [0.05, 0.1) is 25.0 Å². The smallest absolute Gasteiger partial charge is 0.223 e. The summed E-state index contributed by atoms with van der Waals surface area (Å²) in [5.41, 5.74) is 3.87. The molecule has 8 nitrogen and oxygen atoms in total. The molecule has 2 aromatic heterocycles. The van der Waals surface area contributed by atoms with E-state index in [0.717, 1.165) is 60.1 Å². The fourth-order valence-electron chi connectivity index (χ4n) is 4.25. The summed E-state index contributed by atoms with van der Waals surface area (Å²) < 4.78 is 5.23. The number of ether oxygens (including phenoxy) is 1. The van der Waals surface area contributed by atoms with E-state index in [4.69, 9.17) is 4.74 Å². The molecule has 0 bridgehead atoms. The zero-order chi connectivity index (χ0) is 22.6. The lowest BCUT2D eigenvalue weighted by Gasteiger charge is -2.32. The lowest BCUT2D eigenvalue weighted by molar-refractivity contribution is -0.125. The summed E-state index contributed by atoms with van der Waals surface area (Å²) in [7, 11) is 1.66. The third-order valence-electron chi connectivity index (χ3n) is 6.41. The van der Waals surface area contributed by atoms with Crippen LogP contribution in [-0.2, 0) is 11.3 Å². The van der Waals surface area contributed by atoms with Gasteiger partial charge in [-0.05, 0) is 56.0 Å². The molecule has 1 aromatic carbocycles. The van der Waals surface area contributed by atoms with Gasteiger partial charge in [-0.25, -0.2) is 19.9 Å². The first-order valence-electron chi connectivity index (χ1n) is 11.5. The van der Waals surface area contributed by atoms with E-state index in [1.807, 2.05) is 36.4 Å². The van der Waals surface area contributed by atoms with Crippen molar-refractivity contribution in [2.45, 2.75) is 38.1 Å². The Bertz CT molecular complexity index is 1110. The molecule has 0 spiro atoms. The maximum Gasteiger partial charge on any atom is 0.223 e. The number of carbonyl (C=O) groups is 1. The molecule has 5 rings (SSSR count). The number of piperidine rings is 1. The van der Waals surface area contributed by atoms with Gasteiger partial charge in [0.2, 0.25) is 5.91 Å². The maximum atomic E-state index is 12.7. The molecule has 8 heteroatoms. The number of rotatable bonds is 7. The molecule has 1 saturated carbocycles. The number of benzene rings is 1. The molecule has 3 aromatic rings. The van der Waals surface area contributed by atoms with Crippen LogP contribution in [-0.4, -0.2) is 46.0 Å². The first kappa shape index (κ1) is 21.3. The van der Waals surface area contributed by atoms with Crippen molar-refractivity contribution in [3.63, 3.8) is 0 Å². The highest BCUT2D eigenvalue weighted by molar-refractivity contribution is 5.79. The lowest BCUT2D eigenvalue weighted by Crippen LogP contribution is -2.40. The lowest BCUT2D eigenvalue weighted by atomic mass is 9.96. The third kappa shape index (κ3) is 5.10. The van der Waals surface area contributed by atoms with E-state index >= 15 is 0 Å². The second kappa shape index (κ2) is 9.52. The Labute approximate surface area is 193 Å². The minimum atomic E-state index is 0.00823. The van der Waals surface area contributed by atoms with Crippen LogP contribution >= 0.6 is 0 Å². The number of hydrogen-bond acceptors (Lipinski definition) is 7. The van der Waals surface area contributed by atoms with Gasteiger partial charge in [0, 0.05) is 42.2 Å². The number of carbonyl (C=O) groups excluding carboxylic acids is 1. The van der Waals surface area contributed by atoms with Crippen LogP contribution in [0.3, 0.4) is 0 Å². The van der Waals surface area contributed by atoms with Crippen LogP contribution < -0.4 is 15.0 Å². The number of amides is 1. The van der Waals surface area contributed by atoms with E-state index in [-0.39, 0.29) is 11.8 Å². The van der Waals surface area contributed by atoms with Crippen molar-refractivity contribution in [1.29, 1.82) is 0 Å². The summed E-state index contributed by atoms with van der Waals surface area (Å²) in [6.45, 7) is 2.03. The summed E-state index contributed by atoms with van der Waals surface area (Å²) in [4.78, 5) is 32.5. The summed E-state index contributed by atoms with van der Waals surface area (Å²) in [6.07, 6.45) is 7.21. The Hall–Kier alpha value is -3.55. The van der Waals surface area contributed by atoms with Crippen LogP contribution in [0.2, 0.25) is 0 Å². The molecule has 1 amide bonds. The predicted molar refractivity (Wildman–Crippen MR) is 125 cm³/mol. The molecular formula is C25H28N6O2. The van der Waals surface area contributed by atoms with Crippen molar-refractivity contribution in [2.75, 3.05) is 25.1 Å². The zero-order valence-corrected chi connectivity index (χ0v) is 18.8. The number of anilines is 1. The normalized spacial score (nSPS) is 16.5. The van der Waals surface area contributed by atoms with E-state index in [0.29, 0.717) is 12.5 Å². The highest BCUT2D eigenvalue weighted by Crippen LogP contribution is 2.38. The topological polar surface area (TPSA) is 93.1 Å². The summed E-state index contributed by atoms with van der Waals surface area (Å²) in [5.74, 6) is 2.40. The van der Waals surface area contributed by atoms with Gasteiger partial charge in [-0.3, -0.25) is 4.79 Å². The van der Waals surface area contributed by atoms with Crippen molar-refractivity contribution in [1.82, 2.24) is 25.3 Å². The molecule has 0 atom stereocenters. The van der Waals surface area contributed by atoms with Crippen molar-refractivity contribution < 1.29 is 9.53 Å². The van der Waals surface area contributed by atoms with Crippen molar-refractivity contribution in [3.05, 3.63) is 60.4 Å². The summed E-state index contributed by atoms with van der Waals surface area (Å²) >= 11 is 0. The minimum Gasteiger partial charge on any atom is -0.497 e. The monoisotopic (exact) mass is 444 g/mol. The summed E-state index contributed by atoms with van der Waals surface area (Å²) in [6, 6.07) is 11.9. The molecule has 1 saturated heterocycles. The molecular weight excluding hydrogens is 416 g/mol. The predicted octanol–water partition coefficient (Wildman–Crippen LogP) is 3.35. The maximum absolute atomic E-state index is 12.7. The number of methoxy groups -OCH3 is 1. The second-order valence-electron chi connectivity index (χ2n) is 8.68. The molecule has 1 aliphatic carbocycles. The zero-order valence-electron chi connectivity index (χ0n) is 18.8. The van der Waals surface area contributed by atoms with Crippen molar-refractivity contribution in [3.8, 4) is 17.0 Å². The van der Waals surface area contributed by atoms with Crippen LogP contribution in [0.1, 0.15) is 43.0 Å². The Balaban J connectivity index is 1.15. The van der Waals surface area contributed by atoms with E-state index in [1.165, 1.54) is 12.8 Å². The fourth-order valence-corrected chi connectivity index (χ4v) is 4.25. The Morgan fingerprint density at radius 3 is 2.48 bits per heavy atom. The van der Waals surface area contributed by atoms with E-state index in [2.05, 4.69) is 30.2 Å². The van der Waals surface area contributed by atoms with Crippen LogP contribution in [0.25, 0.3) is 11.3 Å². The third-order valence-corrected chi connectivity index (χ3v) is 6.41. The van der Waals surface area contributed by atoms with Crippen LogP contribution in [0, 0.1) is 5.92 Å². The average Bonchev–Trinajstić information content (AvgIpc) is 3.73. The van der Waals surface area contributed by atoms with Gasteiger partial charge < -0.3 is 15.0 Å². The summed E-state index contributed by atoms with van der Waals surface area (Å²) in [5, 5.41) is 3.07. The number of hydrogen-bond donors (Lipinski definition) is 1. The minimum absolute atomic E-state index is 0.00823. The number of nitrogens with zero attached hydrogens (tertiary/aromatic N) is 5. The molecule has 170 valence electrons. The molecule has 1 aliphatic heterocycles. The van der Waals surface area contributed by atoms with Gasteiger partial charge in [0.15, 0.2) is 0 Å². The van der Waals surface area contributed by atoms with E-state index in [9.17, 15) is 4.79 Å². The van der Waals surface area contributed by atoms with Gasteiger partial charge in [-0.2, -0.15) is 0 Å². The molecule has 0 unspecified atom stereocenters. The molecule has 3 heterocycles. The quantitative estimate of drug-likeness (QED) is 0.597. The highest BCUT2D eigenvalue weighted by Gasteiger charge is 2.27. The Morgan fingerprint density at radius 2 is 1.76 bits per heavy atom. The van der Waals surface area contributed by atoms with Crippen LogP contribution in [0.4, 0.5) is 5.82 Å². The first-order chi connectivity index (χ1) is 16.2. The van der Waals surface area contributed by atoms with Gasteiger partial charge >= 0.3 is 0 Å². The molecule has 2 fully saturated rings. The van der Waals surface area contributed by atoms with Crippen LogP contribution in [0.5, 0.6) is 5.75 Å². The van der Waals surface area contributed by atoms with Crippen LogP contribution in [0.15, 0.2) is 49.1 Å². The van der Waals surface area contributed by atoms with E-state index in [1.54, 1.807) is 19.8 Å². The van der Waals surface area contributed by atoms with Gasteiger partial charge in [-0.15, -0.1) is 0 Å². The SMILES string of the molecule is COc1ccc(-c2cc(N3CCC(C(=O)NCc4cc(C5CC5)ncn4)CC3)ncn2)cc1. The second-order valence-corrected chi connectivity index (χ2v) is 8.68. The largest absolute Gasteiger partial charge is 0.497 e. The number of nitrogens with one attached hydrogen (secondary N) is 1.